The van der Waals surface area contributed by atoms with Gasteiger partial charge in [-0.15, -0.1) is 11.3 Å². The van der Waals surface area contributed by atoms with Gasteiger partial charge < -0.3 is 5.11 Å². The van der Waals surface area contributed by atoms with E-state index in [4.69, 9.17) is 0 Å². The summed E-state index contributed by atoms with van der Waals surface area (Å²) in [5, 5.41) is 12.7. The van der Waals surface area contributed by atoms with Gasteiger partial charge in [-0.05, 0) is 25.3 Å². The first-order chi connectivity index (χ1) is 8.38. The van der Waals surface area contributed by atoms with Crippen LogP contribution in [-0.2, 0) is 5.60 Å². The Kier molecular flexibility index (Phi) is 3.55. The van der Waals surface area contributed by atoms with Crippen molar-refractivity contribution in [2.75, 3.05) is 0 Å². The fourth-order valence-electron chi connectivity index (χ4n) is 1.73. The maximum Gasteiger partial charge on any atom is 0.124 e. The van der Waals surface area contributed by atoms with Crippen LogP contribution in [-0.4, -0.2) is 10.1 Å². The molecule has 0 saturated heterocycles. The molecule has 0 aliphatic heterocycles. The van der Waals surface area contributed by atoms with Crippen LogP contribution in [0.4, 0.5) is 0 Å². The van der Waals surface area contributed by atoms with Gasteiger partial charge in [-0.25, -0.2) is 4.98 Å². The molecule has 0 unspecified atom stereocenters. The third kappa shape index (κ3) is 2.79. The molecule has 18 heavy (non-hydrogen) atoms. The molecule has 1 aromatic carbocycles. The molecule has 0 spiro atoms. The van der Waals surface area contributed by atoms with E-state index in [1.54, 1.807) is 13.8 Å². The van der Waals surface area contributed by atoms with Gasteiger partial charge >= 0.3 is 0 Å². The average molecular weight is 261 g/mol. The summed E-state index contributed by atoms with van der Waals surface area (Å²) >= 11 is 1.50. The van der Waals surface area contributed by atoms with Gasteiger partial charge in [0.25, 0.3) is 0 Å². The summed E-state index contributed by atoms with van der Waals surface area (Å²) in [6.07, 6.45) is 0. The molecule has 0 atom stereocenters. The zero-order valence-electron chi connectivity index (χ0n) is 11.3. The van der Waals surface area contributed by atoms with Crippen molar-refractivity contribution in [1.29, 1.82) is 0 Å². The number of thiazole rings is 1. The van der Waals surface area contributed by atoms with Crippen molar-refractivity contribution in [1.82, 2.24) is 4.98 Å². The van der Waals surface area contributed by atoms with E-state index in [0.717, 1.165) is 16.3 Å². The largest absolute Gasteiger partial charge is 0.383 e. The molecule has 0 fully saturated rings. The van der Waals surface area contributed by atoms with E-state index in [9.17, 15) is 5.11 Å². The summed E-state index contributed by atoms with van der Waals surface area (Å²) in [4.78, 5) is 4.49. The lowest BCUT2D eigenvalue weighted by atomic mass is 10.0. The van der Waals surface area contributed by atoms with Crippen LogP contribution in [0.15, 0.2) is 29.6 Å². The number of hydrogen-bond donors (Lipinski definition) is 1. The molecule has 2 aromatic rings. The van der Waals surface area contributed by atoms with Crippen LogP contribution in [0.5, 0.6) is 0 Å². The second-order valence-electron chi connectivity index (χ2n) is 5.37. The zero-order chi connectivity index (χ0) is 13.3. The van der Waals surface area contributed by atoms with E-state index in [0.29, 0.717) is 5.92 Å². The molecule has 96 valence electrons. The summed E-state index contributed by atoms with van der Waals surface area (Å²) in [7, 11) is 0. The quantitative estimate of drug-likeness (QED) is 0.900. The maximum absolute atomic E-state index is 9.91. The molecule has 1 aromatic heterocycles. The third-order valence-corrected chi connectivity index (χ3v) is 4.06. The Labute approximate surface area is 112 Å². The van der Waals surface area contributed by atoms with Crippen LogP contribution in [0.3, 0.4) is 0 Å². The highest BCUT2D eigenvalue weighted by molar-refractivity contribution is 7.10. The number of nitrogens with zero attached hydrogens (tertiary/aromatic N) is 1. The van der Waals surface area contributed by atoms with Crippen LogP contribution in [0.25, 0.3) is 11.3 Å². The molecule has 1 N–H and O–H groups in total. The fourth-order valence-corrected chi connectivity index (χ4v) is 2.58. The van der Waals surface area contributed by atoms with Crippen molar-refractivity contribution >= 4 is 11.3 Å². The highest BCUT2D eigenvalue weighted by Gasteiger charge is 2.20. The topological polar surface area (TPSA) is 33.1 Å². The molecule has 2 nitrogen and oxygen atoms in total. The summed E-state index contributed by atoms with van der Waals surface area (Å²) in [6.45, 7) is 7.89. The molecule has 0 aliphatic rings. The zero-order valence-corrected chi connectivity index (χ0v) is 12.1. The molecular weight excluding hydrogens is 242 g/mol. The summed E-state index contributed by atoms with van der Waals surface area (Å²) in [5.74, 6) is 0.543. The van der Waals surface area contributed by atoms with Gasteiger partial charge in [0.05, 0.1) is 5.69 Å². The average Bonchev–Trinajstić information content (AvgIpc) is 2.78. The molecule has 0 aliphatic carbocycles. The maximum atomic E-state index is 9.91. The molecule has 2 rings (SSSR count). The molecule has 0 saturated carbocycles. The van der Waals surface area contributed by atoms with E-state index in [-0.39, 0.29) is 0 Å². The minimum atomic E-state index is -0.860. The van der Waals surface area contributed by atoms with Crippen LogP contribution >= 0.6 is 11.3 Å². The number of rotatable bonds is 3. The van der Waals surface area contributed by atoms with Gasteiger partial charge in [0.15, 0.2) is 0 Å². The highest BCUT2D eigenvalue weighted by atomic mass is 32.1. The normalized spacial score (nSPS) is 12.1. The predicted octanol–water partition coefficient (Wildman–Crippen LogP) is 4.16. The molecule has 3 heteroatoms. The van der Waals surface area contributed by atoms with E-state index >= 15 is 0 Å². The number of aliphatic hydroxyl groups is 1. The SMILES string of the molecule is CC(C)c1ccc(-c2csc(C(C)(C)O)n2)cc1. The Morgan fingerprint density at radius 2 is 1.78 bits per heavy atom. The smallest absolute Gasteiger partial charge is 0.124 e. The number of benzene rings is 1. The van der Waals surface area contributed by atoms with Gasteiger partial charge in [-0.3, -0.25) is 0 Å². The Morgan fingerprint density at radius 1 is 1.17 bits per heavy atom. The summed E-state index contributed by atoms with van der Waals surface area (Å²) in [6, 6.07) is 8.48. The first-order valence-corrected chi connectivity index (χ1v) is 7.04. The van der Waals surface area contributed by atoms with Crippen molar-refractivity contribution in [3.8, 4) is 11.3 Å². The highest BCUT2D eigenvalue weighted by Crippen LogP contribution is 2.29. The van der Waals surface area contributed by atoms with Gasteiger partial charge in [-0.1, -0.05) is 38.1 Å². The third-order valence-electron chi connectivity index (χ3n) is 2.90. The minimum absolute atomic E-state index is 0.543. The van der Waals surface area contributed by atoms with Crippen LogP contribution in [0, 0.1) is 0 Å². The second-order valence-corrected chi connectivity index (χ2v) is 6.23. The van der Waals surface area contributed by atoms with Crippen LogP contribution in [0.1, 0.15) is 44.2 Å². The lowest BCUT2D eigenvalue weighted by molar-refractivity contribution is 0.0783. The number of hydrogen-bond acceptors (Lipinski definition) is 3. The Balaban J connectivity index is 2.29. The van der Waals surface area contributed by atoms with Crippen molar-refractivity contribution in [2.24, 2.45) is 0 Å². The van der Waals surface area contributed by atoms with Gasteiger partial charge in [-0.2, -0.15) is 0 Å². The van der Waals surface area contributed by atoms with E-state index in [2.05, 4.69) is 43.1 Å². The minimum Gasteiger partial charge on any atom is -0.383 e. The molecular formula is C15H19NOS. The van der Waals surface area contributed by atoms with E-state index in [1.807, 2.05) is 5.38 Å². The monoisotopic (exact) mass is 261 g/mol. The molecule has 0 bridgehead atoms. The van der Waals surface area contributed by atoms with Crippen molar-refractivity contribution in [3.05, 3.63) is 40.2 Å². The predicted molar refractivity (Wildman–Crippen MR) is 76.9 cm³/mol. The standard InChI is InChI=1S/C15H19NOS/c1-10(2)11-5-7-12(8-6-11)13-9-18-14(16-13)15(3,4)17/h5-10,17H,1-4H3. The first kappa shape index (κ1) is 13.2. The van der Waals surface area contributed by atoms with Crippen molar-refractivity contribution in [2.45, 2.75) is 39.2 Å². The van der Waals surface area contributed by atoms with Gasteiger partial charge in [0, 0.05) is 10.9 Å². The summed E-state index contributed by atoms with van der Waals surface area (Å²) < 4.78 is 0. The van der Waals surface area contributed by atoms with Gasteiger partial charge in [0.2, 0.25) is 0 Å². The van der Waals surface area contributed by atoms with Gasteiger partial charge in [0.1, 0.15) is 10.6 Å². The van der Waals surface area contributed by atoms with Crippen LogP contribution in [0.2, 0.25) is 0 Å². The van der Waals surface area contributed by atoms with Crippen molar-refractivity contribution in [3.63, 3.8) is 0 Å². The second kappa shape index (κ2) is 4.82. The van der Waals surface area contributed by atoms with Crippen molar-refractivity contribution < 1.29 is 5.11 Å². The Hall–Kier alpha value is -1.19. The summed E-state index contributed by atoms with van der Waals surface area (Å²) in [5.41, 5.74) is 2.51. The lowest BCUT2D eigenvalue weighted by Crippen LogP contribution is -2.14. The van der Waals surface area contributed by atoms with E-state index < -0.39 is 5.60 Å². The lowest BCUT2D eigenvalue weighted by Gasteiger charge is -2.12. The van der Waals surface area contributed by atoms with Crippen LogP contribution < -0.4 is 0 Å². The Bertz CT molecular complexity index is 520. The first-order valence-electron chi connectivity index (χ1n) is 6.16. The molecule has 0 amide bonds. The molecule has 0 radical (unpaired) electrons. The number of aromatic nitrogens is 1. The molecule has 1 heterocycles. The Morgan fingerprint density at radius 3 is 2.22 bits per heavy atom. The van der Waals surface area contributed by atoms with E-state index in [1.165, 1.54) is 16.9 Å². The fraction of sp³-hybridized carbons (Fsp3) is 0.400.